The number of hydrogen-bond donors (Lipinski definition) is 1. The lowest BCUT2D eigenvalue weighted by atomic mass is 10.3. The zero-order valence-corrected chi connectivity index (χ0v) is 12.8. The average molecular weight is 337 g/mol. The van der Waals surface area contributed by atoms with E-state index in [1.165, 1.54) is 4.70 Å². The minimum Gasteiger partial charge on any atom is -0.361 e. The van der Waals surface area contributed by atoms with Crippen molar-refractivity contribution < 1.29 is 0 Å². The topological polar surface area (TPSA) is 42.7 Å². The third-order valence-electron chi connectivity index (χ3n) is 2.90. The van der Waals surface area contributed by atoms with Crippen molar-refractivity contribution in [2.75, 3.05) is 11.9 Å². The Balaban J connectivity index is 1.67. The number of aromatic nitrogens is 3. The Morgan fingerprint density at radius 3 is 3.11 bits per heavy atom. The first-order valence-electron chi connectivity index (χ1n) is 5.98. The molecule has 1 aromatic carbocycles. The number of fused-ring (bicyclic) bond motifs is 1. The Hall–Kier alpha value is -1.40. The van der Waals surface area contributed by atoms with Gasteiger partial charge < -0.3 is 9.88 Å². The molecule has 0 fully saturated rings. The van der Waals surface area contributed by atoms with Crippen molar-refractivity contribution in [3.05, 3.63) is 40.9 Å². The van der Waals surface area contributed by atoms with Crippen LogP contribution in [0.2, 0.25) is 0 Å². The van der Waals surface area contributed by atoms with Gasteiger partial charge in [0.2, 0.25) is 0 Å². The molecule has 0 bridgehead atoms. The van der Waals surface area contributed by atoms with Gasteiger partial charge in [-0.3, -0.25) is 0 Å². The molecule has 0 saturated carbocycles. The first kappa shape index (κ1) is 12.6. The molecule has 0 saturated heterocycles. The molecule has 6 heteroatoms. The molecule has 0 aliphatic rings. The predicted octanol–water partition coefficient (Wildman–Crippen LogP) is 3.45. The van der Waals surface area contributed by atoms with E-state index in [9.17, 15) is 0 Å². The van der Waals surface area contributed by atoms with Gasteiger partial charge in [0.05, 0.1) is 10.2 Å². The summed E-state index contributed by atoms with van der Waals surface area (Å²) in [6, 6.07) is 6.16. The quantitative estimate of drug-likeness (QED) is 0.793. The van der Waals surface area contributed by atoms with Crippen LogP contribution in [0, 0.1) is 0 Å². The number of imidazole rings is 1. The van der Waals surface area contributed by atoms with E-state index in [2.05, 4.69) is 37.3 Å². The first-order valence-corrected chi connectivity index (χ1v) is 7.59. The molecule has 0 amide bonds. The predicted molar refractivity (Wildman–Crippen MR) is 82.7 cm³/mol. The van der Waals surface area contributed by atoms with Crippen LogP contribution in [0.25, 0.3) is 10.2 Å². The maximum absolute atomic E-state index is 4.57. The summed E-state index contributed by atoms with van der Waals surface area (Å²) in [6.45, 7) is 0.839. The van der Waals surface area contributed by atoms with E-state index < -0.39 is 0 Å². The molecular formula is C13H13BrN4S. The highest BCUT2D eigenvalue weighted by Gasteiger charge is 2.04. The number of thiazole rings is 1. The summed E-state index contributed by atoms with van der Waals surface area (Å²) in [7, 11) is 2.01. The highest BCUT2D eigenvalue weighted by atomic mass is 79.9. The molecule has 2 aromatic heterocycles. The fraction of sp³-hybridized carbons (Fsp3) is 0.231. The summed E-state index contributed by atoms with van der Waals surface area (Å²) in [6.07, 6.45) is 4.68. The lowest BCUT2D eigenvalue weighted by molar-refractivity contribution is 0.789. The Bertz CT molecular complexity index is 704. The Labute approximate surface area is 123 Å². The molecule has 98 valence electrons. The molecule has 1 N–H and O–H groups in total. The fourth-order valence-corrected chi connectivity index (χ4v) is 3.12. The largest absolute Gasteiger partial charge is 0.361 e. The average Bonchev–Trinajstić information content (AvgIpc) is 2.95. The summed E-state index contributed by atoms with van der Waals surface area (Å²) >= 11 is 5.14. The third-order valence-corrected chi connectivity index (χ3v) is 4.38. The van der Waals surface area contributed by atoms with Crippen molar-refractivity contribution in [2.24, 2.45) is 7.05 Å². The minimum atomic E-state index is 0.839. The molecule has 0 atom stereocenters. The van der Waals surface area contributed by atoms with E-state index in [0.29, 0.717) is 0 Å². The fourth-order valence-electron chi connectivity index (χ4n) is 1.89. The van der Waals surface area contributed by atoms with Gasteiger partial charge in [-0.2, -0.15) is 0 Å². The van der Waals surface area contributed by atoms with Gasteiger partial charge in [-0.1, -0.05) is 27.3 Å². The molecule has 4 nitrogen and oxygen atoms in total. The summed E-state index contributed by atoms with van der Waals surface area (Å²) in [5.41, 5.74) is 1.03. The maximum Gasteiger partial charge on any atom is 0.183 e. The van der Waals surface area contributed by atoms with E-state index in [1.807, 2.05) is 36.1 Å². The smallest absolute Gasteiger partial charge is 0.183 e. The van der Waals surface area contributed by atoms with Gasteiger partial charge in [0.1, 0.15) is 5.82 Å². The van der Waals surface area contributed by atoms with Gasteiger partial charge in [-0.15, -0.1) is 0 Å². The number of benzene rings is 1. The van der Waals surface area contributed by atoms with Crippen molar-refractivity contribution in [3.63, 3.8) is 0 Å². The van der Waals surface area contributed by atoms with Crippen LogP contribution in [0.4, 0.5) is 5.13 Å². The van der Waals surface area contributed by atoms with Gasteiger partial charge >= 0.3 is 0 Å². The molecule has 0 aliphatic carbocycles. The van der Waals surface area contributed by atoms with Gasteiger partial charge in [-0.05, 0) is 18.2 Å². The van der Waals surface area contributed by atoms with Crippen LogP contribution in [0.3, 0.4) is 0 Å². The molecule has 0 spiro atoms. The highest BCUT2D eigenvalue weighted by Crippen LogP contribution is 2.27. The summed E-state index contributed by atoms with van der Waals surface area (Å²) < 4.78 is 4.30. The van der Waals surface area contributed by atoms with Gasteiger partial charge in [-0.25, -0.2) is 9.97 Å². The molecular weight excluding hydrogens is 324 g/mol. The van der Waals surface area contributed by atoms with Crippen LogP contribution in [-0.4, -0.2) is 21.1 Å². The second-order valence-corrected chi connectivity index (χ2v) is 6.21. The van der Waals surface area contributed by atoms with Crippen molar-refractivity contribution in [1.29, 1.82) is 0 Å². The Kier molecular flexibility index (Phi) is 3.52. The van der Waals surface area contributed by atoms with Crippen LogP contribution < -0.4 is 5.32 Å². The van der Waals surface area contributed by atoms with Crippen molar-refractivity contribution >= 4 is 42.6 Å². The summed E-state index contributed by atoms with van der Waals surface area (Å²) in [5.74, 6) is 1.08. The van der Waals surface area contributed by atoms with Crippen molar-refractivity contribution in [2.45, 2.75) is 6.42 Å². The van der Waals surface area contributed by atoms with E-state index in [1.54, 1.807) is 11.3 Å². The maximum atomic E-state index is 4.57. The van der Waals surface area contributed by atoms with Crippen molar-refractivity contribution in [3.8, 4) is 0 Å². The van der Waals surface area contributed by atoms with Gasteiger partial charge in [0.15, 0.2) is 5.13 Å². The number of nitrogens with one attached hydrogen (secondary N) is 1. The number of halogens is 1. The number of aryl methyl sites for hydroxylation is 1. The van der Waals surface area contributed by atoms with E-state index in [4.69, 9.17) is 0 Å². The molecule has 2 heterocycles. The minimum absolute atomic E-state index is 0.839. The molecule has 0 radical (unpaired) electrons. The SMILES string of the molecule is Cn1ccnc1CCNc1nc2cc(Br)ccc2s1. The molecule has 0 aliphatic heterocycles. The standard InChI is InChI=1S/C13H13BrN4S/c1-18-7-6-15-12(18)4-5-16-13-17-10-8-9(14)2-3-11(10)19-13/h2-3,6-8H,4-5H2,1H3,(H,16,17). The molecule has 3 aromatic rings. The van der Waals surface area contributed by atoms with Crippen molar-refractivity contribution in [1.82, 2.24) is 14.5 Å². The summed E-state index contributed by atoms with van der Waals surface area (Å²) in [5, 5.41) is 4.32. The monoisotopic (exact) mass is 336 g/mol. The first-order chi connectivity index (χ1) is 9.22. The van der Waals surface area contributed by atoms with Crippen LogP contribution >= 0.6 is 27.3 Å². The third kappa shape index (κ3) is 2.79. The zero-order valence-electron chi connectivity index (χ0n) is 10.4. The normalized spacial score (nSPS) is 11.1. The number of rotatable bonds is 4. The van der Waals surface area contributed by atoms with E-state index >= 15 is 0 Å². The number of anilines is 1. The number of nitrogens with zero attached hydrogens (tertiary/aromatic N) is 3. The van der Waals surface area contributed by atoms with Crippen LogP contribution in [-0.2, 0) is 13.5 Å². The highest BCUT2D eigenvalue weighted by molar-refractivity contribution is 9.10. The molecule has 3 rings (SSSR count). The summed E-state index contributed by atoms with van der Waals surface area (Å²) in [4.78, 5) is 8.87. The Morgan fingerprint density at radius 1 is 1.42 bits per heavy atom. The van der Waals surface area contributed by atoms with Gasteiger partial charge in [0.25, 0.3) is 0 Å². The Morgan fingerprint density at radius 2 is 2.32 bits per heavy atom. The van der Waals surface area contributed by atoms with Crippen LogP contribution in [0.5, 0.6) is 0 Å². The second kappa shape index (κ2) is 5.30. The van der Waals surface area contributed by atoms with Crippen LogP contribution in [0.15, 0.2) is 35.1 Å². The zero-order chi connectivity index (χ0) is 13.2. The molecule has 19 heavy (non-hydrogen) atoms. The van der Waals surface area contributed by atoms with E-state index in [0.717, 1.165) is 33.9 Å². The van der Waals surface area contributed by atoms with E-state index in [-0.39, 0.29) is 0 Å². The lowest BCUT2D eigenvalue weighted by Crippen LogP contribution is -2.08. The second-order valence-electron chi connectivity index (χ2n) is 4.26. The lowest BCUT2D eigenvalue weighted by Gasteiger charge is -2.02. The molecule has 0 unspecified atom stereocenters. The number of hydrogen-bond acceptors (Lipinski definition) is 4. The van der Waals surface area contributed by atoms with Gasteiger partial charge in [0, 0.05) is 36.9 Å². The van der Waals surface area contributed by atoms with Crippen LogP contribution in [0.1, 0.15) is 5.82 Å².